The number of rotatable bonds is 8. The van der Waals surface area contributed by atoms with E-state index in [0.29, 0.717) is 19.0 Å². The fraction of sp³-hybridized carbons (Fsp3) is 0.312. The van der Waals surface area contributed by atoms with Crippen LogP contribution in [0.3, 0.4) is 0 Å². The minimum absolute atomic E-state index is 0.0643. The van der Waals surface area contributed by atoms with Gasteiger partial charge in [0.1, 0.15) is 5.82 Å². The Hall–Kier alpha value is -2.47. The average molecular weight is 301 g/mol. The normalized spacial score (nSPS) is 11.9. The molecule has 1 heterocycles. The van der Waals surface area contributed by atoms with Gasteiger partial charge in [0.15, 0.2) is 5.69 Å². The highest BCUT2D eigenvalue weighted by Gasteiger charge is 2.05. The highest BCUT2D eigenvalue weighted by atomic mass is 16.5. The van der Waals surface area contributed by atoms with Crippen LogP contribution in [0.1, 0.15) is 35.5 Å². The standard InChI is InChI=1S/C16H19N3O3/c1-12(13-6-3-2-4-7-13)22-9-5-8-17-15-11-18-14(10-19-15)16(20)21/h2-4,6-7,10-12H,5,8-9H2,1H3,(H,17,19)(H,20,21). The van der Waals surface area contributed by atoms with Gasteiger partial charge in [-0.2, -0.15) is 0 Å². The van der Waals surface area contributed by atoms with Crippen LogP contribution in [0.5, 0.6) is 0 Å². The first-order valence-corrected chi connectivity index (χ1v) is 7.12. The Morgan fingerprint density at radius 2 is 2.05 bits per heavy atom. The van der Waals surface area contributed by atoms with Crippen LogP contribution in [0.25, 0.3) is 0 Å². The lowest BCUT2D eigenvalue weighted by molar-refractivity contribution is 0.0656. The second-order valence-electron chi connectivity index (χ2n) is 4.80. The number of carboxylic acid groups (broad SMARTS) is 1. The van der Waals surface area contributed by atoms with E-state index < -0.39 is 5.97 Å². The van der Waals surface area contributed by atoms with Gasteiger partial charge >= 0.3 is 5.97 Å². The van der Waals surface area contributed by atoms with Crippen molar-refractivity contribution in [1.29, 1.82) is 0 Å². The van der Waals surface area contributed by atoms with E-state index in [0.717, 1.165) is 12.0 Å². The minimum atomic E-state index is -1.08. The van der Waals surface area contributed by atoms with Crippen molar-refractivity contribution in [2.45, 2.75) is 19.4 Å². The van der Waals surface area contributed by atoms with E-state index >= 15 is 0 Å². The van der Waals surface area contributed by atoms with Gasteiger partial charge in [-0.05, 0) is 18.9 Å². The van der Waals surface area contributed by atoms with Gasteiger partial charge in [0.05, 0.1) is 18.5 Å². The number of carbonyl (C=O) groups is 1. The van der Waals surface area contributed by atoms with Crippen LogP contribution in [-0.4, -0.2) is 34.2 Å². The summed E-state index contributed by atoms with van der Waals surface area (Å²) in [6.45, 7) is 3.34. The number of hydrogen-bond acceptors (Lipinski definition) is 5. The molecule has 1 aromatic heterocycles. The number of aromatic nitrogens is 2. The fourth-order valence-corrected chi connectivity index (χ4v) is 1.90. The van der Waals surface area contributed by atoms with Crippen LogP contribution in [-0.2, 0) is 4.74 Å². The lowest BCUT2D eigenvalue weighted by Crippen LogP contribution is -2.09. The Labute approximate surface area is 129 Å². The van der Waals surface area contributed by atoms with Crippen molar-refractivity contribution in [3.05, 3.63) is 54.0 Å². The molecule has 1 atom stereocenters. The van der Waals surface area contributed by atoms with Crippen LogP contribution in [0.2, 0.25) is 0 Å². The largest absolute Gasteiger partial charge is 0.476 e. The van der Waals surface area contributed by atoms with Crippen LogP contribution in [0.15, 0.2) is 42.7 Å². The van der Waals surface area contributed by atoms with Gasteiger partial charge in [0.25, 0.3) is 0 Å². The quantitative estimate of drug-likeness (QED) is 0.729. The van der Waals surface area contributed by atoms with Crippen LogP contribution < -0.4 is 5.32 Å². The summed E-state index contributed by atoms with van der Waals surface area (Å²) in [5, 5.41) is 11.8. The number of hydrogen-bond donors (Lipinski definition) is 2. The Bertz CT molecular complexity index is 587. The third-order valence-electron chi connectivity index (χ3n) is 3.14. The van der Waals surface area contributed by atoms with Gasteiger partial charge in [-0.1, -0.05) is 30.3 Å². The molecule has 2 rings (SSSR count). The molecule has 1 unspecified atom stereocenters. The highest BCUT2D eigenvalue weighted by Crippen LogP contribution is 2.15. The number of nitrogens with zero attached hydrogens (tertiary/aromatic N) is 2. The molecule has 2 aromatic rings. The molecule has 2 N–H and O–H groups in total. The Kier molecular flexibility index (Phi) is 5.85. The van der Waals surface area contributed by atoms with E-state index in [9.17, 15) is 4.79 Å². The number of carboxylic acids is 1. The topological polar surface area (TPSA) is 84.3 Å². The monoisotopic (exact) mass is 301 g/mol. The summed E-state index contributed by atoms with van der Waals surface area (Å²) in [6.07, 6.45) is 3.53. The van der Waals surface area contributed by atoms with Gasteiger partial charge in [-0.25, -0.2) is 14.8 Å². The van der Waals surface area contributed by atoms with E-state index in [2.05, 4.69) is 15.3 Å². The first kappa shape index (κ1) is 15.9. The second-order valence-corrected chi connectivity index (χ2v) is 4.80. The highest BCUT2D eigenvalue weighted by molar-refractivity contribution is 5.84. The minimum Gasteiger partial charge on any atom is -0.476 e. The number of ether oxygens (including phenoxy) is 1. The van der Waals surface area contributed by atoms with E-state index in [1.807, 2.05) is 37.3 Å². The smallest absolute Gasteiger partial charge is 0.356 e. The molecule has 0 spiro atoms. The van der Waals surface area contributed by atoms with Crippen molar-refractivity contribution in [1.82, 2.24) is 9.97 Å². The first-order chi connectivity index (χ1) is 10.7. The zero-order valence-electron chi connectivity index (χ0n) is 12.4. The van der Waals surface area contributed by atoms with Gasteiger partial charge in [-0.15, -0.1) is 0 Å². The van der Waals surface area contributed by atoms with Gasteiger partial charge < -0.3 is 15.2 Å². The average Bonchev–Trinajstić information content (AvgIpc) is 2.55. The maximum absolute atomic E-state index is 10.7. The Balaban J connectivity index is 1.66. The molecule has 0 bridgehead atoms. The lowest BCUT2D eigenvalue weighted by atomic mass is 10.1. The summed E-state index contributed by atoms with van der Waals surface area (Å²) < 4.78 is 5.76. The maximum Gasteiger partial charge on any atom is 0.356 e. The molecule has 0 radical (unpaired) electrons. The zero-order valence-corrected chi connectivity index (χ0v) is 12.4. The predicted molar refractivity (Wildman–Crippen MR) is 82.9 cm³/mol. The fourth-order valence-electron chi connectivity index (χ4n) is 1.90. The molecule has 0 aliphatic rings. The third kappa shape index (κ3) is 4.82. The van der Waals surface area contributed by atoms with E-state index in [1.165, 1.54) is 12.4 Å². The van der Waals surface area contributed by atoms with Gasteiger partial charge in [0, 0.05) is 13.2 Å². The second kappa shape index (κ2) is 8.09. The molecule has 1 aromatic carbocycles. The summed E-state index contributed by atoms with van der Waals surface area (Å²) >= 11 is 0. The molecular weight excluding hydrogens is 282 g/mol. The van der Waals surface area contributed by atoms with Crippen LogP contribution >= 0.6 is 0 Å². The number of aromatic carboxylic acids is 1. The van der Waals surface area contributed by atoms with Crippen LogP contribution in [0.4, 0.5) is 5.82 Å². The summed E-state index contributed by atoms with van der Waals surface area (Å²) in [4.78, 5) is 18.4. The summed E-state index contributed by atoms with van der Waals surface area (Å²) in [5.41, 5.74) is 1.09. The van der Waals surface area contributed by atoms with Crippen molar-refractivity contribution >= 4 is 11.8 Å². The number of anilines is 1. The molecule has 0 aliphatic heterocycles. The van der Waals surface area contributed by atoms with Crippen molar-refractivity contribution in [2.75, 3.05) is 18.5 Å². The molecule has 0 saturated heterocycles. The van der Waals surface area contributed by atoms with Gasteiger partial charge in [0.2, 0.25) is 0 Å². The number of benzene rings is 1. The molecule has 22 heavy (non-hydrogen) atoms. The molecule has 6 nitrogen and oxygen atoms in total. The first-order valence-electron chi connectivity index (χ1n) is 7.12. The molecule has 0 amide bonds. The van der Waals surface area contributed by atoms with Crippen molar-refractivity contribution in [3.63, 3.8) is 0 Å². The van der Waals surface area contributed by atoms with Crippen molar-refractivity contribution in [3.8, 4) is 0 Å². The summed E-state index contributed by atoms with van der Waals surface area (Å²) in [5.74, 6) is -0.525. The van der Waals surface area contributed by atoms with Gasteiger partial charge in [-0.3, -0.25) is 0 Å². The maximum atomic E-state index is 10.7. The van der Waals surface area contributed by atoms with Crippen molar-refractivity contribution in [2.24, 2.45) is 0 Å². The number of nitrogens with one attached hydrogen (secondary N) is 1. The van der Waals surface area contributed by atoms with Crippen LogP contribution in [0, 0.1) is 0 Å². The Morgan fingerprint density at radius 1 is 1.27 bits per heavy atom. The molecule has 116 valence electrons. The summed E-state index contributed by atoms with van der Waals surface area (Å²) in [6, 6.07) is 10.1. The summed E-state index contributed by atoms with van der Waals surface area (Å²) in [7, 11) is 0. The zero-order chi connectivity index (χ0) is 15.8. The molecule has 0 saturated carbocycles. The van der Waals surface area contributed by atoms with E-state index in [1.54, 1.807) is 0 Å². The Morgan fingerprint density at radius 3 is 2.68 bits per heavy atom. The molecular formula is C16H19N3O3. The third-order valence-corrected chi connectivity index (χ3v) is 3.14. The predicted octanol–water partition coefficient (Wildman–Crippen LogP) is 2.75. The van der Waals surface area contributed by atoms with E-state index in [4.69, 9.17) is 9.84 Å². The van der Waals surface area contributed by atoms with E-state index in [-0.39, 0.29) is 11.8 Å². The molecule has 0 fully saturated rings. The van der Waals surface area contributed by atoms with Crippen molar-refractivity contribution < 1.29 is 14.6 Å². The molecule has 0 aliphatic carbocycles. The molecule has 6 heteroatoms. The lowest BCUT2D eigenvalue weighted by Gasteiger charge is -2.13. The SMILES string of the molecule is CC(OCCCNc1cnc(C(=O)O)cn1)c1ccccc1.